The molecule has 33 heavy (non-hydrogen) atoms. The topological polar surface area (TPSA) is 75.7 Å². The fourth-order valence-electron chi connectivity index (χ4n) is 4.51. The number of hydrogen-bond donors (Lipinski definition) is 1. The van der Waals surface area contributed by atoms with E-state index in [9.17, 15) is 13.2 Å². The van der Waals surface area contributed by atoms with E-state index in [1.54, 1.807) is 12.1 Å². The lowest BCUT2D eigenvalue weighted by atomic mass is 9.84. The first-order chi connectivity index (χ1) is 15.7. The Morgan fingerprint density at radius 2 is 1.67 bits per heavy atom. The highest BCUT2D eigenvalue weighted by molar-refractivity contribution is 7.92. The van der Waals surface area contributed by atoms with E-state index in [1.165, 1.54) is 12.1 Å². The lowest BCUT2D eigenvalue weighted by Crippen LogP contribution is -2.46. The molecule has 1 N–H and O–H groups in total. The van der Waals surface area contributed by atoms with Crippen molar-refractivity contribution < 1.29 is 17.9 Å². The van der Waals surface area contributed by atoms with Gasteiger partial charge < -0.3 is 9.64 Å². The molecule has 11 heteroatoms. The van der Waals surface area contributed by atoms with Crippen LogP contribution in [0.5, 0.6) is 5.75 Å². The molecule has 2 aliphatic rings. The molecule has 2 heterocycles. The number of sulfonamides is 1. The summed E-state index contributed by atoms with van der Waals surface area (Å²) in [5.74, 6) is 0.0165. The fraction of sp³-hybridized carbons (Fsp3) is 0.500. The van der Waals surface area contributed by atoms with E-state index in [0.29, 0.717) is 33.3 Å². The van der Waals surface area contributed by atoms with Gasteiger partial charge in [-0.1, -0.05) is 34.8 Å². The Kier molecular flexibility index (Phi) is 8.14. The number of benzene rings is 1. The predicted octanol–water partition coefficient (Wildman–Crippen LogP) is 5.62. The number of nitrogens with one attached hydrogen (secondary N) is 1. The zero-order valence-electron chi connectivity index (χ0n) is 17.8. The van der Waals surface area contributed by atoms with Crippen LogP contribution in [0, 0.1) is 5.92 Å². The average Bonchev–Trinajstić information content (AvgIpc) is 3.24. The summed E-state index contributed by atoms with van der Waals surface area (Å²) in [6.07, 6.45) is 5.08. The Hall–Kier alpha value is -1.03. The average molecular weight is 552 g/mol. The number of ether oxygens (including phenoxy) is 1. The number of piperidine rings is 1. The molecule has 0 bridgehead atoms. The molecule has 1 aromatic heterocycles. The number of halogens is 3. The van der Waals surface area contributed by atoms with Gasteiger partial charge in [0.05, 0.1) is 14.4 Å². The van der Waals surface area contributed by atoms with Crippen molar-refractivity contribution in [2.45, 2.75) is 54.9 Å². The van der Waals surface area contributed by atoms with Gasteiger partial charge in [0.25, 0.3) is 10.0 Å². The lowest BCUT2D eigenvalue weighted by molar-refractivity contribution is -0.124. The minimum atomic E-state index is -3.86. The second kappa shape index (κ2) is 10.7. The molecule has 0 spiro atoms. The summed E-state index contributed by atoms with van der Waals surface area (Å²) in [7, 11) is -3.86. The number of carbonyl (C=O) groups is 1. The second-order valence-electron chi connectivity index (χ2n) is 8.46. The van der Waals surface area contributed by atoms with E-state index in [0.717, 1.165) is 55.9 Å². The van der Waals surface area contributed by atoms with Crippen LogP contribution in [0.15, 0.2) is 34.5 Å². The molecule has 2 fully saturated rings. The quantitative estimate of drug-likeness (QED) is 0.505. The Labute approximate surface area is 213 Å². The van der Waals surface area contributed by atoms with E-state index in [-0.39, 0.29) is 16.2 Å². The number of carbonyl (C=O) groups excluding carboxylic acids is 1. The van der Waals surface area contributed by atoms with Crippen molar-refractivity contribution in [3.8, 4) is 5.75 Å². The highest BCUT2D eigenvalue weighted by Gasteiger charge is 2.33. The van der Waals surface area contributed by atoms with Crippen LogP contribution in [0.25, 0.3) is 0 Å². The van der Waals surface area contributed by atoms with Gasteiger partial charge in [-0.3, -0.25) is 4.79 Å². The van der Waals surface area contributed by atoms with Gasteiger partial charge in [0, 0.05) is 31.1 Å². The van der Waals surface area contributed by atoms with Crippen molar-refractivity contribution in [3.05, 3.63) is 44.7 Å². The Balaban J connectivity index is 1.22. The van der Waals surface area contributed by atoms with Crippen LogP contribution in [-0.2, 0) is 14.8 Å². The number of thiophene rings is 1. The number of hydrogen-bond acceptors (Lipinski definition) is 6. The van der Waals surface area contributed by atoms with Crippen LogP contribution in [0.1, 0.15) is 38.5 Å². The molecular formula is C22H25Cl3N2O4S2. The maximum atomic E-state index is 12.6. The van der Waals surface area contributed by atoms with Crippen molar-refractivity contribution in [1.82, 2.24) is 9.62 Å². The third-order valence-electron chi connectivity index (χ3n) is 6.30. The number of rotatable bonds is 6. The van der Waals surface area contributed by atoms with E-state index in [1.807, 2.05) is 6.07 Å². The molecule has 2 aromatic rings. The largest absolute Gasteiger partial charge is 0.490 e. The van der Waals surface area contributed by atoms with Crippen molar-refractivity contribution in [2.75, 3.05) is 13.1 Å². The number of amides is 1. The molecule has 1 amide bonds. The number of likely N-dealkylation sites (tertiary alicyclic amines) is 1. The molecule has 4 rings (SSSR count). The lowest BCUT2D eigenvalue weighted by Gasteiger charge is -2.40. The molecule has 0 unspecified atom stereocenters. The summed E-state index contributed by atoms with van der Waals surface area (Å²) in [5, 5.41) is 0.996. The maximum Gasteiger partial charge on any atom is 0.273 e. The third kappa shape index (κ3) is 6.35. The Morgan fingerprint density at radius 1 is 0.970 bits per heavy atom. The first kappa shape index (κ1) is 25.1. The predicted molar refractivity (Wildman–Crippen MR) is 132 cm³/mol. The fourth-order valence-corrected chi connectivity index (χ4v) is 7.33. The molecule has 1 aliphatic carbocycles. The van der Waals surface area contributed by atoms with Crippen LogP contribution in [-0.4, -0.2) is 44.5 Å². The van der Waals surface area contributed by atoms with Crippen molar-refractivity contribution in [2.24, 2.45) is 5.92 Å². The van der Waals surface area contributed by atoms with Crippen LogP contribution in [0.3, 0.4) is 0 Å². The number of nitrogens with zero attached hydrogens (tertiary/aromatic N) is 1. The van der Waals surface area contributed by atoms with Crippen molar-refractivity contribution in [1.29, 1.82) is 0 Å². The molecule has 6 nitrogen and oxygen atoms in total. The molecule has 1 saturated heterocycles. The van der Waals surface area contributed by atoms with E-state index >= 15 is 0 Å². The molecule has 1 aromatic carbocycles. The van der Waals surface area contributed by atoms with Crippen molar-refractivity contribution in [3.63, 3.8) is 0 Å². The summed E-state index contributed by atoms with van der Waals surface area (Å²) in [6, 6.07) is 8.65. The van der Waals surface area contributed by atoms with Crippen LogP contribution < -0.4 is 9.46 Å². The SMILES string of the molecule is O=C(NS(=O)(=O)c1ccc(Cl)s1)[C@H]1CC[C@H](N2CCC(Oc3ccc(Cl)c(Cl)c3)CC2)CC1. The Bertz CT molecular complexity index is 1090. The first-order valence-electron chi connectivity index (χ1n) is 10.9. The minimum absolute atomic E-state index is 0.0560. The van der Waals surface area contributed by atoms with Gasteiger partial charge in [-0.25, -0.2) is 13.1 Å². The summed E-state index contributed by atoms with van der Waals surface area (Å²) < 4.78 is 33.5. The molecule has 0 radical (unpaired) electrons. The van der Waals surface area contributed by atoms with Crippen LogP contribution in [0.2, 0.25) is 14.4 Å². The van der Waals surface area contributed by atoms with E-state index in [2.05, 4.69) is 9.62 Å². The van der Waals surface area contributed by atoms with Gasteiger partial charge in [-0.2, -0.15) is 0 Å². The Morgan fingerprint density at radius 3 is 2.27 bits per heavy atom. The smallest absolute Gasteiger partial charge is 0.273 e. The standard InChI is InChI=1S/C22H25Cl3N2O4S2/c23-18-6-5-17(13-19(18)24)31-16-9-11-27(12-10-16)15-3-1-14(2-4-15)22(28)26-33(29,30)21-8-7-20(25)32-21/h5-8,13-16H,1-4,9-12H2,(H,26,28)/t14-,15-. The molecule has 180 valence electrons. The van der Waals surface area contributed by atoms with Gasteiger partial charge in [0.2, 0.25) is 5.91 Å². The molecule has 0 atom stereocenters. The van der Waals surface area contributed by atoms with Gasteiger partial charge in [0.1, 0.15) is 16.1 Å². The minimum Gasteiger partial charge on any atom is -0.490 e. The van der Waals surface area contributed by atoms with E-state index in [4.69, 9.17) is 39.5 Å². The second-order valence-corrected chi connectivity index (χ2v) is 12.9. The molecule has 1 aliphatic heterocycles. The normalized spacial score (nSPS) is 22.8. The highest BCUT2D eigenvalue weighted by Crippen LogP contribution is 2.32. The zero-order chi connectivity index (χ0) is 23.6. The first-order valence-corrected chi connectivity index (χ1v) is 14.3. The molecule has 1 saturated carbocycles. The van der Waals surface area contributed by atoms with Gasteiger partial charge in [0.15, 0.2) is 0 Å². The summed E-state index contributed by atoms with van der Waals surface area (Å²) in [5.41, 5.74) is 0. The highest BCUT2D eigenvalue weighted by atomic mass is 35.5. The summed E-state index contributed by atoms with van der Waals surface area (Å²) >= 11 is 18.8. The third-order valence-corrected chi connectivity index (χ3v) is 10.1. The van der Waals surface area contributed by atoms with E-state index < -0.39 is 15.9 Å². The monoisotopic (exact) mass is 550 g/mol. The van der Waals surface area contributed by atoms with Crippen LogP contribution in [0.4, 0.5) is 0 Å². The van der Waals surface area contributed by atoms with Crippen LogP contribution >= 0.6 is 46.1 Å². The van der Waals surface area contributed by atoms with Gasteiger partial charge in [-0.15, -0.1) is 11.3 Å². The van der Waals surface area contributed by atoms with Gasteiger partial charge in [-0.05, 0) is 62.8 Å². The van der Waals surface area contributed by atoms with Crippen molar-refractivity contribution >= 4 is 62.1 Å². The van der Waals surface area contributed by atoms with Gasteiger partial charge >= 0.3 is 0 Å². The molecular weight excluding hydrogens is 527 g/mol. The maximum absolute atomic E-state index is 12.6. The summed E-state index contributed by atoms with van der Waals surface area (Å²) in [4.78, 5) is 15.0. The zero-order valence-corrected chi connectivity index (χ0v) is 21.7. The summed E-state index contributed by atoms with van der Waals surface area (Å²) in [6.45, 7) is 1.86.